The van der Waals surface area contributed by atoms with Gasteiger partial charge in [-0.05, 0) is 48.8 Å². The summed E-state index contributed by atoms with van der Waals surface area (Å²) in [6, 6.07) is 4.02. The van der Waals surface area contributed by atoms with Crippen molar-refractivity contribution in [3.63, 3.8) is 0 Å². The second-order valence-electron chi connectivity index (χ2n) is 7.26. The van der Waals surface area contributed by atoms with Crippen molar-refractivity contribution in [1.82, 2.24) is 14.9 Å². The van der Waals surface area contributed by atoms with Crippen LogP contribution in [0.15, 0.2) is 29.0 Å². The molecule has 0 spiro atoms. The molecule has 2 unspecified atom stereocenters. The Kier molecular flexibility index (Phi) is 3.14. The number of rotatable bonds is 5. The molecule has 5 nitrogen and oxygen atoms in total. The molecule has 0 aromatic carbocycles. The van der Waals surface area contributed by atoms with Crippen LogP contribution in [0.25, 0.3) is 0 Å². The van der Waals surface area contributed by atoms with E-state index in [2.05, 4.69) is 27.5 Å². The summed E-state index contributed by atoms with van der Waals surface area (Å²) < 4.78 is 5.48. The second kappa shape index (κ2) is 5.34. The van der Waals surface area contributed by atoms with Gasteiger partial charge in [0.25, 0.3) is 0 Å². The predicted octanol–water partition coefficient (Wildman–Crippen LogP) is 2.66. The molecule has 1 saturated carbocycles. The van der Waals surface area contributed by atoms with Gasteiger partial charge in [-0.2, -0.15) is 0 Å². The lowest BCUT2D eigenvalue weighted by molar-refractivity contribution is 0.284. The number of aromatic nitrogens is 2. The Hall–Kier alpha value is -1.88. The van der Waals surface area contributed by atoms with Gasteiger partial charge in [0.2, 0.25) is 5.95 Å². The van der Waals surface area contributed by atoms with E-state index in [9.17, 15) is 0 Å². The smallest absolute Gasteiger partial charge is 0.222 e. The van der Waals surface area contributed by atoms with Gasteiger partial charge in [0.15, 0.2) is 0 Å². The van der Waals surface area contributed by atoms with Crippen molar-refractivity contribution in [3.8, 4) is 0 Å². The first-order chi connectivity index (χ1) is 11.3. The molecule has 2 aromatic heterocycles. The number of hydrogen-bond acceptors (Lipinski definition) is 5. The number of likely N-dealkylation sites (tertiary alicyclic amines) is 1. The van der Waals surface area contributed by atoms with Crippen LogP contribution in [-0.4, -0.2) is 34.5 Å². The zero-order chi connectivity index (χ0) is 15.2. The molecule has 1 saturated heterocycles. The third-order valence-corrected chi connectivity index (χ3v) is 5.48. The monoisotopic (exact) mass is 310 g/mol. The molecule has 1 N–H and O–H groups in total. The predicted molar refractivity (Wildman–Crippen MR) is 87.2 cm³/mol. The van der Waals surface area contributed by atoms with E-state index in [0.29, 0.717) is 11.8 Å². The summed E-state index contributed by atoms with van der Waals surface area (Å²) in [5, 5.41) is 3.40. The Balaban J connectivity index is 1.27. The molecule has 2 aliphatic carbocycles. The molecule has 23 heavy (non-hydrogen) atoms. The zero-order valence-electron chi connectivity index (χ0n) is 13.2. The van der Waals surface area contributed by atoms with Crippen molar-refractivity contribution in [1.29, 1.82) is 0 Å². The number of furan rings is 1. The highest BCUT2D eigenvalue weighted by Crippen LogP contribution is 2.42. The van der Waals surface area contributed by atoms with Gasteiger partial charge >= 0.3 is 0 Å². The molecule has 3 aliphatic rings. The van der Waals surface area contributed by atoms with Crippen LogP contribution in [0.4, 0.5) is 5.95 Å². The molecular formula is C18H22N4O. The largest absolute Gasteiger partial charge is 0.468 e. The number of anilines is 1. The molecule has 0 amide bonds. The highest BCUT2D eigenvalue weighted by Gasteiger charge is 2.41. The van der Waals surface area contributed by atoms with Crippen molar-refractivity contribution < 1.29 is 4.42 Å². The fraction of sp³-hybridized carbons (Fsp3) is 0.556. The summed E-state index contributed by atoms with van der Waals surface area (Å²) in [4.78, 5) is 11.8. The number of nitrogens with zero attached hydrogens (tertiary/aromatic N) is 3. The summed E-state index contributed by atoms with van der Waals surface area (Å²) in [6.45, 7) is 4.17. The van der Waals surface area contributed by atoms with Gasteiger partial charge in [0, 0.05) is 37.4 Å². The maximum atomic E-state index is 5.48. The quantitative estimate of drug-likeness (QED) is 0.920. The molecule has 5 rings (SSSR count). The zero-order valence-corrected chi connectivity index (χ0v) is 13.2. The van der Waals surface area contributed by atoms with Crippen LogP contribution >= 0.6 is 0 Å². The van der Waals surface area contributed by atoms with E-state index in [1.54, 1.807) is 6.26 Å². The van der Waals surface area contributed by atoms with Gasteiger partial charge in [-0.15, -0.1) is 0 Å². The Morgan fingerprint density at radius 2 is 2.26 bits per heavy atom. The molecule has 3 heterocycles. The minimum atomic E-state index is 0.595. The first kappa shape index (κ1) is 13.5. The highest BCUT2D eigenvalue weighted by molar-refractivity contribution is 5.37. The maximum Gasteiger partial charge on any atom is 0.222 e. The number of hydrogen-bond donors (Lipinski definition) is 1. The molecule has 0 radical (unpaired) electrons. The molecule has 2 aromatic rings. The maximum absolute atomic E-state index is 5.48. The fourth-order valence-electron chi connectivity index (χ4n) is 4.06. The third kappa shape index (κ3) is 2.63. The Labute approximate surface area is 136 Å². The summed E-state index contributed by atoms with van der Waals surface area (Å²) >= 11 is 0. The van der Waals surface area contributed by atoms with Gasteiger partial charge in [0.05, 0.1) is 12.8 Å². The van der Waals surface area contributed by atoms with Gasteiger partial charge in [-0.1, -0.05) is 0 Å². The lowest BCUT2D eigenvalue weighted by Crippen LogP contribution is -2.21. The molecular weight excluding hydrogens is 288 g/mol. The molecule has 120 valence electrons. The van der Waals surface area contributed by atoms with E-state index in [0.717, 1.165) is 50.2 Å². The van der Waals surface area contributed by atoms with E-state index in [4.69, 9.17) is 9.40 Å². The molecule has 5 heteroatoms. The average Bonchev–Trinajstić information content (AvgIpc) is 2.93. The van der Waals surface area contributed by atoms with Crippen LogP contribution in [0.5, 0.6) is 0 Å². The number of fused-ring (bicyclic) bond motifs is 3. The van der Waals surface area contributed by atoms with Crippen LogP contribution in [0, 0.1) is 11.8 Å². The van der Waals surface area contributed by atoms with Crippen molar-refractivity contribution in [2.24, 2.45) is 11.8 Å². The van der Waals surface area contributed by atoms with Crippen LogP contribution in [-0.2, 0) is 13.0 Å². The van der Waals surface area contributed by atoms with Gasteiger partial charge in [-0.3, -0.25) is 4.90 Å². The average molecular weight is 310 g/mol. The minimum absolute atomic E-state index is 0.595. The standard InChI is InChI=1S/C18H22N4O/c1-2-14(23-5-1)10-22-9-13-6-17-15(16(13)11-22)8-20-18(21-17)19-7-12-3-4-12/h1-2,5,8,12-13,16H,3-4,6-7,9-11H2,(H,19,20,21). The van der Waals surface area contributed by atoms with Crippen LogP contribution < -0.4 is 5.32 Å². The van der Waals surface area contributed by atoms with E-state index in [1.165, 1.54) is 24.1 Å². The van der Waals surface area contributed by atoms with Gasteiger partial charge < -0.3 is 9.73 Å². The van der Waals surface area contributed by atoms with Crippen LogP contribution in [0.1, 0.15) is 35.8 Å². The summed E-state index contributed by atoms with van der Waals surface area (Å²) in [6.07, 6.45) is 7.63. The molecule has 0 bridgehead atoms. The van der Waals surface area contributed by atoms with E-state index < -0.39 is 0 Å². The minimum Gasteiger partial charge on any atom is -0.468 e. The second-order valence-corrected chi connectivity index (χ2v) is 7.26. The fourth-order valence-corrected chi connectivity index (χ4v) is 4.06. The van der Waals surface area contributed by atoms with E-state index in [1.807, 2.05) is 6.07 Å². The Morgan fingerprint density at radius 3 is 3.09 bits per heavy atom. The Bertz CT molecular complexity index is 695. The summed E-state index contributed by atoms with van der Waals surface area (Å²) in [5.41, 5.74) is 2.64. The van der Waals surface area contributed by atoms with Crippen molar-refractivity contribution >= 4 is 5.95 Å². The van der Waals surface area contributed by atoms with Crippen molar-refractivity contribution in [3.05, 3.63) is 41.6 Å². The SMILES string of the molecule is c1coc(CN2CC3Cc4nc(NCC5CC5)ncc4C3C2)c1. The topological polar surface area (TPSA) is 54.2 Å². The molecule has 2 fully saturated rings. The van der Waals surface area contributed by atoms with Crippen molar-refractivity contribution in [2.45, 2.75) is 31.7 Å². The highest BCUT2D eigenvalue weighted by atomic mass is 16.3. The van der Waals surface area contributed by atoms with Crippen LogP contribution in [0.3, 0.4) is 0 Å². The number of nitrogens with one attached hydrogen (secondary N) is 1. The third-order valence-electron chi connectivity index (χ3n) is 5.48. The lowest BCUT2D eigenvalue weighted by atomic mass is 9.98. The van der Waals surface area contributed by atoms with Crippen LogP contribution in [0.2, 0.25) is 0 Å². The lowest BCUT2D eigenvalue weighted by Gasteiger charge is -2.15. The van der Waals surface area contributed by atoms with E-state index in [-0.39, 0.29) is 0 Å². The summed E-state index contributed by atoms with van der Waals surface area (Å²) in [5.74, 6) is 4.01. The molecule has 2 atom stereocenters. The normalized spacial score (nSPS) is 26.3. The molecule has 1 aliphatic heterocycles. The first-order valence-corrected chi connectivity index (χ1v) is 8.69. The van der Waals surface area contributed by atoms with Crippen molar-refractivity contribution in [2.75, 3.05) is 25.0 Å². The Morgan fingerprint density at radius 1 is 1.30 bits per heavy atom. The van der Waals surface area contributed by atoms with Gasteiger partial charge in [0.1, 0.15) is 5.76 Å². The van der Waals surface area contributed by atoms with Gasteiger partial charge in [-0.25, -0.2) is 9.97 Å². The first-order valence-electron chi connectivity index (χ1n) is 8.69. The van der Waals surface area contributed by atoms with E-state index >= 15 is 0 Å². The summed E-state index contributed by atoms with van der Waals surface area (Å²) in [7, 11) is 0.